The number of hydrogen-bond donors (Lipinski definition) is 1. The molecule has 1 unspecified atom stereocenters. The summed E-state index contributed by atoms with van der Waals surface area (Å²) in [5.74, 6) is 0.237. The third-order valence-corrected chi connectivity index (χ3v) is 2.82. The molecule has 0 saturated heterocycles. The Balaban J connectivity index is 2.63. The molecule has 2 nitrogen and oxygen atoms in total. The molecule has 0 aromatic heterocycles. The third-order valence-electron chi connectivity index (χ3n) is 2.29. The summed E-state index contributed by atoms with van der Waals surface area (Å²) in [6.45, 7) is 4.11. The highest BCUT2D eigenvalue weighted by atomic mass is 35.5. The second-order valence-electron chi connectivity index (χ2n) is 3.93. The predicted octanol–water partition coefficient (Wildman–Crippen LogP) is 2.74. The average Bonchev–Trinajstić information content (AvgIpc) is 2.29. The highest BCUT2D eigenvalue weighted by molar-refractivity contribution is 6.18. The molecule has 1 rings (SSSR count). The number of alkyl halides is 1. The van der Waals surface area contributed by atoms with Crippen LogP contribution in [0.3, 0.4) is 0 Å². The quantitative estimate of drug-likeness (QED) is 0.810. The second-order valence-corrected chi connectivity index (χ2v) is 4.24. The Morgan fingerprint density at radius 2 is 2.25 bits per heavy atom. The molecule has 1 amide bonds. The lowest BCUT2D eigenvalue weighted by molar-refractivity contribution is 0.0949. The maximum atomic E-state index is 13.0. The summed E-state index contributed by atoms with van der Waals surface area (Å²) in [5.41, 5.74) is 0.943. The lowest BCUT2D eigenvalue weighted by atomic mass is 10.1. The van der Waals surface area contributed by atoms with Crippen LogP contribution < -0.4 is 5.32 Å². The van der Waals surface area contributed by atoms with E-state index in [-0.39, 0.29) is 17.6 Å². The van der Waals surface area contributed by atoms with Crippen LogP contribution in [-0.2, 0) is 0 Å². The van der Waals surface area contributed by atoms with Gasteiger partial charge in [-0.2, -0.15) is 0 Å². The number of carbonyl (C=O) groups is 1. The van der Waals surface area contributed by atoms with E-state index in [9.17, 15) is 9.18 Å². The molecular weight excluding hydrogens is 229 g/mol. The van der Waals surface area contributed by atoms with Gasteiger partial charge in [0.2, 0.25) is 0 Å². The SMILES string of the molecule is Cc1cc(C(=O)NCC(C)CCl)ccc1F. The Morgan fingerprint density at radius 3 is 2.81 bits per heavy atom. The first kappa shape index (κ1) is 13.0. The van der Waals surface area contributed by atoms with Crippen molar-refractivity contribution in [2.45, 2.75) is 13.8 Å². The molecular formula is C12H15ClFNO. The Kier molecular flexibility index (Phi) is 4.74. The average molecular weight is 244 g/mol. The van der Waals surface area contributed by atoms with Crippen LogP contribution in [0.1, 0.15) is 22.8 Å². The van der Waals surface area contributed by atoms with Gasteiger partial charge < -0.3 is 5.32 Å². The number of hydrogen-bond acceptors (Lipinski definition) is 1. The van der Waals surface area contributed by atoms with E-state index in [1.165, 1.54) is 18.2 Å². The monoisotopic (exact) mass is 243 g/mol. The molecule has 1 N–H and O–H groups in total. The van der Waals surface area contributed by atoms with Crippen molar-refractivity contribution in [2.24, 2.45) is 5.92 Å². The van der Waals surface area contributed by atoms with Gasteiger partial charge >= 0.3 is 0 Å². The Hall–Kier alpha value is -1.09. The first-order chi connectivity index (χ1) is 7.54. The number of benzene rings is 1. The fraction of sp³-hybridized carbons (Fsp3) is 0.417. The highest BCUT2D eigenvalue weighted by Gasteiger charge is 2.08. The van der Waals surface area contributed by atoms with Gasteiger partial charge in [0.05, 0.1) is 0 Å². The van der Waals surface area contributed by atoms with Gasteiger partial charge in [-0.15, -0.1) is 11.6 Å². The Bertz CT molecular complexity index is 381. The van der Waals surface area contributed by atoms with Crippen molar-refractivity contribution in [3.8, 4) is 0 Å². The van der Waals surface area contributed by atoms with Gasteiger partial charge in [-0.1, -0.05) is 6.92 Å². The molecule has 0 heterocycles. The summed E-state index contributed by atoms with van der Waals surface area (Å²) in [5, 5.41) is 2.75. The minimum atomic E-state index is -0.300. The van der Waals surface area contributed by atoms with E-state index in [1.807, 2.05) is 6.92 Å². The molecule has 0 bridgehead atoms. The topological polar surface area (TPSA) is 29.1 Å². The lowest BCUT2D eigenvalue weighted by Crippen LogP contribution is -2.28. The van der Waals surface area contributed by atoms with E-state index in [4.69, 9.17) is 11.6 Å². The third kappa shape index (κ3) is 3.49. The van der Waals surface area contributed by atoms with E-state index in [2.05, 4.69) is 5.32 Å². The van der Waals surface area contributed by atoms with Gasteiger partial charge in [-0.05, 0) is 36.6 Å². The number of aryl methyl sites for hydroxylation is 1. The van der Waals surface area contributed by atoms with Crippen LogP contribution in [0.4, 0.5) is 4.39 Å². The van der Waals surface area contributed by atoms with Crippen molar-refractivity contribution in [1.29, 1.82) is 0 Å². The molecule has 0 aliphatic heterocycles. The van der Waals surface area contributed by atoms with Crippen molar-refractivity contribution in [2.75, 3.05) is 12.4 Å². The largest absolute Gasteiger partial charge is 0.352 e. The van der Waals surface area contributed by atoms with Crippen molar-refractivity contribution in [3.05, 3.63) is 35.1 Å². The van der Waals surface area contributed by atoms with Crippen molar-refractivity contribution in [1.82, 2.24) is 5.32 Å². The molecule has 0 aliphatic carbocycles. The fourth-order valence-electron chi connectivity index (χ4n) is 1.21. The van der Waals surface area contributed by atoms with Crippen LogP contribution in [-0.4, -0.2) is 18.3 Å². The maximum absolute atomic E-state index is 13.0. The number of carbonyl (C=O) groups excluding carboxylic acids is 1. The van der Waals surface area contributed by atoms with Crippen LogP contribution in [0, 0.1) is 18.7 Å². The number of rotatable bonds is 4. The van der Waals surface area contributed by atoms with E-state index < -0.39 is 0 Å². The van der Waals surface area contributed by atoms with Gasteiger partial charge in [0, 0.05) is 18.0 Å². The summed E-state index contributed by atoms with van der Waals surface area (Å²) in [6, 6.07) is 4.31. The summed E-state index contributed by atoms with van der Waals surface area (Å²) in [4.78, 5) is 11.7. The fourth-order valence-corrected chi connectivity index (χ4v) is 1.32. The Morgan fingerprint density at radius 1 is 1.56 bits per heavy atom. The molecule has 16 heavy (non-hydrogen) atoms. The zero-order chi connectivity index (χ0) is 12.1. The van der Waals surface area contributed by atoms with Crippen molar-refractivity contribution >= 4 is 17.5 Å². The maximum Gasteiger partial charge on any atom is 0.251 e. The molecule has 1 atom stereocenters. The van der Waals surface area contributed by atoms with Gasteiger partial charge in [0.25, 0.3) is 5.91 Å². The normalized spacial score (nSPS) is 12.2. The first-order valence-corrected chi connectivity index (χ1v) is 5.68. The molecule has 0 saturated carbocycles. The molecule has 4 heteroatoms. The van der Waals surface area contributed by atoms with Crippen LogP contribution in [0.5, 0.6) is 0 Å². The van der Waals surface area contributed by atoms with Crippen LogP contribution >= 0.6 is 11.6 Å². The minimum absolute atomic E-state index is 0.194. The zero-order valence-electron chi connectivity index (χ0n) is 9.39. The molecule has 0 spiro atoms. The summed E-state index contributed by atoms with van der Waals surface area (Å²) < 4.78 is 13.0. The molecule has 88 valence electrons. The van der Waals surface area contributed by atoms with Crippen LogP contribution in [0.15, 0.2) is 18.2 Å². The van der Waals surface area contributed by atoms with Gasteiger partial charge in [-0.25, -0.2) is 4.39 Å². The Labute approximate surface area is 99.8 Å². The van der Waals surface area contributed by atoms with Crippen LogP contribution in [0.2, 0.25) is 0 Å². The first-order valence-electron chi connectivity index (χ1n) is 5.15. The van der Waals surface area contributed by atoms with Crippen molar-refractivity contribution in [3.63, 3.8) is 0 Å². The summed E-state index contributed by atoms with van der Waals surface area (Å²) >= 11 is 5.63. The highest BCUT2D eigenvalue weighted by Crippen LogP contribution is 2.09. The van der Waals surface area contributed by atoms with E-state index in [0.29, 0.717) is 23.6 Å². The number of amides is 1. The van der Waals surface area contributed by atoms with E-state index in [0.717, 1.165) is 0 Å². The van der Waals surface area contributed by atoms with Crippen LogP contribution in [0.25, 0.3) is 0 Å². The van der Waals surface area contributed by atoms with Gasteiger partial charge in [-0.3, -0.25) is 4.79 Å². The van der Waals surface area contributed by atoms with Crippen molar-refractivity contribution < 1.29 is 9.18 Å². The molecule has 0 fully saturated rings. The predicted molar refractivity (Wildman–Crippen MR) is 63.4 cm³/mol. The van der Waals surface area contributed by atoms with Gasteiger partial charge in [0.15, 0.2) is 0 Å². The molecule has 1 aromatic carbocycles. The van der Waals surface area contributed by atoms with Gasteiger partial charge in [0.1, 0.15) is 5.82 Å². The molecule has 0 radical (unpaired) electrons. The number of halogens is 2. The zero-order valence-corrected chi connectivity index (χ0v) is 10.1. The second kappa shape index (κ2) is 5.85. The van der Waals surface area contributed by atoms with E-state index >= 15 is 0 Å². The number of nitrogens with one attached hydrogen (secondary N) is 1. The standard InChI is InChI=1S/C12H15ClFNO/c1-8(6-13)7-15-12(16)10-3-4-11(14)9(2)5-10/h3-5,8H,6-7H2,1-2H3,(H,15,16). The lowest BCUT2D eigenvalue weighted by Gasteiger charge is -2.09. The smallest absolute Gasteiger partial charge is 0.251 e. The molecule has 1 aromatic rings. The molecule has 0 aliphatic rings. The van der Waals surface area contributed by atoms with E-state index in [1.54, 1.807) is 6.92 Å². The summed E-state index contributed by atoms with van der Waals surface area (Å²) in [7, 11) is 0. The minimum Gasteiger partial charge on any atom is -0.352 e. The summed E-state index contributed by atoms with van der Waals surface area (Å²) in [6.07, 6.45) is 0.